The Bertz CT molecular complexity index is 910. The maximum atomic E-state index is 13.1. The van der Waals surface area contributed by atoms with Crippen LogP contribution in [0.5, 0.6) is 11.5 Å². The summed E-state index contributed by atoms with van der Waals surface area (Å²) >= 11 is 6.33. The van der Waals surface area contributed by atoms with Gasteiger partial charge < -0.3 is 9.47 Å². The van der Waals surface area contributed by atoms with Crippen molar-refractivity contribution in [1.29, 1.82) is 0 Å². The van der Waals surface area contributed by atoms with E-state index >= 15 is 0 Å². The summed E-state index contributed by atoms with van der Waals surface area (Å²) in [6.45, 7) is 5.82. The Morgan fingerprint density at radius 2 is 1.15 bits per heavy atom. The van der Waals surface area contributed by atoms with Gasteiger partial charge in [0, 0.05) is 27.3 Å². The second kappa shape index (κ2) is 24.9. The van der Waals surface area contributed by atoms with Crippen LogP contribution in [0.25, 0.3) is 0 Å². The first-order chi connectivity index (χ1) is 19.2. The summed E-state index contributed by atoms with van der Waals surface area (Å²) in [4.78, 5) is 0.773. The summed E-state index contributed by atoms with van der Waals surface area (Å²) < 4.78 is 25.5. The molecule has 0 N–H and O–H groups in total. The third-order valence-corrected chi connectivity index (χ3v) is 8.55. The van der Waals surface area contributed by atoms with Gasteiger partial charge in [-0.05, 0) is 30.5 Å². The molecule has 0 aliphatic rings. The molecular weight excluding hydrogens is 547 g/mol. The zero-order valence-corrected chi connectivity index (χ0v) is 29.1. The molecule has 220 valence electrons. The molecule has 0 heterocycles. The Morgan fingerprint density at radius 3 is 1.65 bits per heavy atom. The molecule has 0 fully saturated rings. The molecule has 2 aromatic carbocycles. The number of unbranched alkanes of at least 4 members (excludes halogenated alkanes) is 14. The average Bonchev–Trinajstić information content (AvgIpc) is 2.96. The van der Waals surface area contributed by atoms with Gasteiger partial charge in [-0.15, -0.1) is 23.2 Å². The molecule has 3 nitrogen and oxygen atoms in total. The Hall–Kier alpha value is -0.650. The fraction of sp³-hybridized carbons (Fsp3) is 0.618. The van der Waals surface area contributed by atoms with Crippen LogP contribution in [0.15, 0.2) is 47.4 Å². The normalized spacial score (nSPS) is 11.6. The van der Waals surface area contributed by atoms with Crippen molar-refractivity contribution in [2.24, 2.45) is 0 Å². The summed E-state index contributed by atoms with van der Waals surface area (Å²) in [5.74, 6) is 3.63. The second-order valence-electron chi connectivity index (χ2n) is 10.5. The predicted molar refractivity (Wildman–Crippen MR) is 168 cm³/mol. The summed E-state index contributed by atoms with van der Waals surface area (Å²) in [5, 5.41) is 0. The second-order valence-corrected chi connectivity index (χ2v) is 12.1. The van der Waals surface area contributed by atoms with Gasteiger partial charge in [-0.1, -0.05) is 134 Å². The molecule has 0 saturated carbocycles. The van der Waals surface area contributed by atoms with Gasteiger partial charge in [0.1, 0.15) is 0 Å². The van der Waals surface area contributed by atoms with E-state index in [1.54, 1.807) is 5.75 Å². The van der Waals surface area contributed by atoms with Crippen LogP contribution >= 0.6 is 11.6 Å². The molecule has 0 amide bonds. The zero-order valence-electron chi connectivity index (χ0n) is 25.6. The molecule has 0 aliphatic heterocycles. The minimum absolute atomic E-state index is 0. The number of benzene rings is 2. The molecule has 2 aromatic rings. The van der Waals surface area contributed by atoms with Crippen molar-refractivity contribution in [3.05, 3.63) is 59.3 Å². The summed E-state index contributed by atoms with van der Waals surface area (Å²) in [7, 11) is -1.28. The largest absolute Gasteiger partial charge is 1.00 e. The SMILES string of the molecule is CCCCCCCCCCOc1cc(CCl)c(OCCCCCCCCCC)cc1[CH-]S(=O)c1ccccc1.[Na+]. The van der Waals surface area contributed by atoms with Gasteiger partial charge in [0.2, 0.25) is 0 Å². The predicted octanol–water partition coefficient (Wildman–Crippen LogP) is 7.79. The average molecular weight is 599 g/mol. The molecule has 0 saturated heterocycles. The fourth-order valence-electron chi connectivity index (χ4n) is 4.65. The zero-order chi connectivity index (χ0) is 28.0. The minimum Gasteiger partial charge on any atom is -0.550 e. The van der Waals surface area contributed by atoms with E-state index in [2.05, 4.69) is 13.8 Å². The number of hydrogen-bond acceptors (Lipinski definition) is 3. The maximum absolute atomic E-state index is 13.1. The number of ether oxygens (including phenoxy) is 2. The Morgan fingerprint density at radius 1 is 0.675 bits per heavy atom. The summed E-state index contributed by atoms with van der Waals surface area (Å²) in [6.07, 6.45) is 20.1. The minimum atomic E-state index is -1.28. The molecule has 0 aromatic heterocycles. The van der Waals surface area contributed by atoms with Crippen molar-refractivity contribution in [2.75, 3.05) is 13.2 Å². The van der Waals surface area contributed by atoms with Crippen LogP contribution in [0.4, 0.5) is 0 Å². The van der Waals surface area contributed by atoms with Crippen LogP contribution in [0.3, 0.4) is 0 Å². The quantitative estimate of drug-likeness (QED) is 0.0535. The van der Waals surface area contributed by atoms with E-state index in [1.165, 1.54) is 89.9 Å². The Labute approximate surface area is 275 Å². The van der Waals surface area contributed by atoms with Gasteiger partial charge in [-0.25, -0.2) is 0 Å². The fourth-order valence-corrected chi connectivity index (χ4v) is 5.83. The molecule has 6 heteroatoms. The number of rotatable bonds is 24. The maximum Gasteiger partial charge on any atom is 1.00 e. The van der Waals surface area contributed by atoms with Crippen molar-refractivity contribution in [1.82, 2.24) is 0 Å². The van der Waals surface area contributed by atoms with Gasteiger partial charge in [0.05, 0.1) is 19.0 Å². The Kier molecular flexibility index (Phi) is 23.3. The van der Waals surface area contributed by atoms with Gasteiger partial charge in [-0.2, -0.15) is 0 Å². The molecule has 2 rings (SSSR count). The van der Waals surface area contributed by atoms with E-state index in [9.17, 15) is 4.21 Å². The molecule has 0 aliphatic carbocycles. The van der Waals surface area contributed by atoms with E-state index in [-0.39, 0.29) is 29.6 Å². The van der Waals surface area contributed by atoms with Crippen LogP contribution in [-0.2, 0) is 16.7 Å². The smallest absolute Gasteiger partial charge is 0.550 e. The van der Waals surface area contributed by atoms with Gasteiger partial charge in [0.15, 0.2) is 0 Å². The molecule has 0 spiro atoms. The molecular formula is C34H52ClNaO3S. The summed E-state index contributed by atoms with van der Waals surface area (Å²) in [5.41, 5.74) is 1.72. The Balaban J connectivity index is 0.00000800. The van der Waals surface area contributed by atoms with Crippen LogP contribution in [-0.4, -0.2) is 17.4 Å². The molecule has 40 heavy (non-hydrogen) atoms. The van der Waals surface area contributed by atoms with Gasteiger partial charge in [0.25, 0.3) is 0 Å². The topological polar surface area (TPSA) is 35.5 Å². The van der Waals surface area contributed by atoms with Crippen LogP contribution in [0.2, 0.25) is 0 Å². The van der Waals surface area contributed by atoms with E-state index in [0.717, 1.165) is 40.4 Å². The van der Waals surface area contributed by atoms with Crippen molar-refractivity contribution >= 4 is 22.4 Å². The third-order valence-electron chi connectivity index (χ3n) is 7.06. The summed E-state index contributed by atoms with van der Waals surface area (Å²) in [6, 6.07) is 13.5. The van der Waals surface area contributed by atoms with E-state index < -0.39 is 10.8 Å². The number of hydrogen-bond donors (Lipinski definition) is 0. The molecule has 1 unspecified atom stereocenters. The van der Waals surface area contributed by atoms with Crippen molar-refractivity contribution in [3.8, 4) is 11.5 Å². The third kappa shape index (κ3) is 16.1. The van der Waals surface area contributed by atoms with Crippen molar-refractivity contribution < 1.29 is 43.2 Å². The van der Waals surface area contributed by atoms with Crippen LogP contribution < -0.4 is 39.0 Å². The van der Waals surface area contributed by atoms with Gasteiger partial charge in [-0.3, -0.25) is 4.21 Å². The standard InChI is InChI=1S/C34H52ClO3S.Na/c1-3-5-7-9-11-13-15-20-24-37-33-27-31(29-39(36)32-22-18-17-19-23-32)34(26-30(33)28-35)38-25-21-16-14-12-10-8-6-4-2;/h17-19,22-23,26-27,29H,3-16,20-21,24-25,28H2,1-2H3;/q-1;+1. The van der Waals surface area contributed by atoms with Crippen LogP contribution in [0.1, 0.15) is 128 Å². The van der Waals surface area contributed by atoms with Crippen molar-refractivity contribution in [2.45, 2.75) is 127 Å². The van der Waals surface area contributed by atoms with E-state index in [4.69, 9.17) is 21.1 Å². The molecule has 0 bridgehead atoms. The molecule has 0 radical (unpaired) electrons. The molecule has 1 atom stereocenters. The van der Waals surface area contributed by atoms with E-state index in [1.807, 2.05) is 42.5 Å². The number of alkyl halides is 1. The monoisotopic (exact) mass is 598 g/mol. The first-order valence-corrected chi connectivity index (χ1v) is 17.2. The van der Waals surface area contributed by atoms with Gasteiger partial charge >= 0.3 is 29.6 Å². The first kappa shape index (κ1) is 37.4. The van der Waals surface area contributed by atoms with Crippen LogP contribution in [0, 0.1) is 5.75 Å². The number of halogens is 1. The van der Waals surface area contributed by atoms with Crippen molar-refractivity contribution in [3.63, 3.8) is 0 Å². The first-order valence-electron chi connectivity index (χ1n) is 15.5. The van der Waals surface area contributed by atoms with E-state index in [0.29, 0.717) is 19.1 Å².